The second-order valence-electron chi connectivity index (χ2n) is 3.92. The predicted octanol–water partition coefficient (Wildman–Crippen LogP) is 3.06. The van der Waals surface area contributed by atoms with E-state index in [1.807, 2.05) is 6.07 Å². The number of nitrogens with zero attached hydrogens (tertiary/aromatic N) is 3. The predicted molar refractivity (Wildman–Crippen MR) is 72.2 cm³/mol. The molecule has 0 saturated carbocycles. The molecule has 2 aromatic rings. The van der Waals surface area contributed by atoms with Crippen LogP contribution in [-0.2, 0) is 13.5 Å². The monoisotopic (exact) mass is 323 g/mol. The summed E-state index contributed by atoms with van der Waals surface area (Å²) in [5.41, 5.74) is 1.27. The Kier molecular flexibility index (Phi) is 3.86. The lowest BCUT2D eigenvalue weighted by Gasteiger charge is -2.05. The van der Waals surface area contributed by atoms with Gasteiger partial charge in [0.2, 0.25) is 0 Å². The van der Waals surface area contributed by atoms with Crippen LogP contribution >= 0.6 is 15.9 Å². The lowest BCUT2D eigenvalue weighted by molar-refractivity contribution is 0.386. The van der Waals surface area contributed by atoms with Crippen LogP contribution in [0.25, 0.3) is 11.4 Å². The van der Waals surface area contributed by atoms with Crippen LogP contribution in [0.15, 0.2) is 22.8 Å². The zero-order chi connectivity index (χ0) is 14.0. The highest BCUT2D eigenvalue weighted by Crippen LogP contribution is 2.28. The average Bonchev–Trinajstić information content (AvgIpc) is 2.67. The minimum absolute atomic E-state index is 0.189. The minimum Gasteiger partial charge on any atom is -0.494 e. The summed E-state index contributed by atoms with van der Waals surface area (Å²) in [6.07, 6.45) is 0.201. The summed E-state index contributed by atoms with van der Waals surface area (Å²) in [5, 5.41) is 8.73. The summed E-state index contributed by atoms with van der Waals surface area (Å²) in [7, 11) is 3.22. The molecule has 0 unspecified atom stereocenters. The molecule has 0 spiro atoms. The van der Waals surface area contributed by atoms with Crippen molar-refractivity contribution in [2.24, 2.45) is 7.05 Å². The van der Waals surface area contributed by atoms with Gasteiger partial charge in [0.1, 0.15) is 10.4 Å². The topological polar surface area (TPSA) is 50.8 Å². The molecule has 6 heteroatoms. The van der Waals surface area contributed by atoms with E-state index in [-0.39, 0.29) is 12.2 Å². The van der Waals surface area contributed by atoms with Gasteiger partial charge in [0, 0.05) is 12.6 Å². The molecule has 0 aliphatic carbocycles. The molecular weight excluding hydrogens is 313 g/mol. The van der Waals surface area contributed by atoms with Gasteiger partial charge in [-0.05, 0) is 34.1 Å². The Morgan fingerprint density at radius 1 is 1.53 bits per heavy atom. The van der Waals surface area contributed by atoms with Gasteiger partial charge < -0.3 is 9.30 Å². The van der Waals surface area contributed by atoms with Crippen LogP contribution in [0.4, 0.5) is 4.39 Å². The number of ether oxygens (including phenoxy) is 1. The molecule has 0 N–H and O–H groups in total. The van der Waals surface area contributed by atoms with Crippen molar-refractivity contribution < 1.29 is 9.13 Å². The number of rotatable bonds is 3. The van der Waals surface area contributed by atoms with Crippen molar-refractivity contribution in [2.45, 2.75) is 6.42 Å². The molecule has 0 fully saturated rings. The van der Waals surface area contributed by atoms with Gasteiger partial charge in [-0.15, -0.1) is 0 Å². The molecule has 0 saturated heterocycles. The van der Waals surface area contributed by atoms with Crippen molar-refractivity contribution in [3.05, 3.63) is 34.3 Å². The van der Waals surface area contributed by atoms with Crippen LogP contribution in [0, 0.1) is 17.1 Å². The molecule has 0 amide bonds. The molecule has 0 atom stereocenters. The zero-order valence-corrected chi connectivity index (χ0v) is 12.0. The first-order chi connectivity index (χ1) is 9.08. The lowest BCUT2D eigenvalue weighted by atomic mass is 10.2. The molecule has 98 valence electrons. The number of methoxy groups -OCH3 is 1. The highest BCUT2D eigenvalue weighted by Gasteiger charge is 2.15. The highest BCUT2D eigenvalue weighted by atomic mass is 79.9. The fourth-order valence-corrected chi connectivity index (χ4v) is 2.18. The van der Waals surface area contributed by atoms with E-state index in [1.54, 1.807) is 23.7 Å². The van der Waals surface area contributed by atoms with E-state index < -0.39 is 5.82 Å². The SMILES string of the molecule is COc1ccc(-c2nc(CC#N)c(Br)n2C)cc1F. The third kappa shape index (κ3) is 2.47. The van der Waals surface area contributed by atoms with Gasteiger partial charge in [-0.2, -0.15) is 5.26 Å². The Hall–Kier alpha value is -1.87. The number of aromatic nitrogens is 2. The number of hydrogen-bond donors (Lipinski definition) is 0. The maximum absolute atomic E-state index is 13.7. The van der Waals surface area contributed by atoms with Gasteiger partial charge in [-0.3, -0.25) is 0 Å². The van der Waals surface area contributed by atoms with E-state index >= 15 is 0 Å². The van der Waals surface area contributed by atoms with Crippen LogP contribution in [0.1, 0.15) is 5.69 Å². The Bertz CT molecular complexity index is 661. The van der Waals surface area contributed by atoms with Crippen molar-refractivity contribution in [1.29, 1.82) is 5.26 Å². The molecule has 0 aliphatic heterocycles. The molecule has 1 heterocycles. The van der Waals surface area contributed by atoms with E-state index in [0.717, 1.165) is 4.60 Å². The molecule has 2 rings (SSSR count). The summed E-state index contributed by atoms with van der Waals surface area (Å²) in [6, 6.07) is 6.69. The van der Waals surface area contributed by atoms with E-state index in [2.05, 4.69) is 20.9 Å². The van der Waals surface area contributed by atoms with Crippen LogP contribution in [0.3, 0.4) is 0 Å². The first kappa shape index (κ1) is 13.6. The maximum Gasteiger partial charge on any atom is 0.165 e. The van der Waals surface area contributed by atoms with Crippen molar-refractivity contribution in [2.75, 3.05) is 7.11 Å². The standard InChI is InChI=1S/C13H11BrFN3O/c1-18-12(14)10(5-6-16)17-13(18)8-3-4-11(19-2)9(15)7-8/h3-4,7H,5H2,1-2H3. The van der Waals surface area contributed by atoms with Gasteiger partial charge >= 0.3 is 0 Å². The lowest BCUT2D eigenvalue weighted by Crippen LogP contribution is -1.94. The van der Waals surface area contributed by atoms with Crippen LogP contribution in [0.5, 0.6) is 5.75 Å². The molecular formula is C13H11BrFN3O. The summed E-state index contributed by atoms with van der Waals surface area (Å²) in [5.74, 6) is 0.342. The fraction of sp³-hybridized carbons (Fsp3) is 0.231. The number of hydrogen-bond acceptors (Lipinski definition) is 3. The van der Waals surface area contributed by atoms with Crippen LogP contribution in [0.2, 0.25) is 0 Å². The van der Waals surface area contributed by atoms with Crippen molar-refractivity contribution >= 4 is 15.9 Å². The van der Waals surface area contributed by atoms with Crippen molar-refractivity contribution in [3.63, 3.8) is 0 Å². The first-order valence-corrected chi connectivity index (χ1v) is 6.29. The zero-order valence-electron chi connectivity index (χ0n) is 10.4. The Morgan fingerprint density at radius 2 is 2.26 bits per heavy atom. The van der Waals surface area contributed by atoms with E-state index in [9.17, 15) is 4.39 Å². The molecule has 0 aliphatic rings. The number of halogens is 2. The summed E-state index contributed by atoms with van der Waals surface area (Å²) >= 11 is 3.38. The average molecular weight is 324 g/mol. The molecule has 4 nitrogen and oxygen atoms in total. The van der Waals surface area contributed by atoms with Gasteiger partial charge in [0.05, 0.1) is 25.3 Å². The number of nitriles is 1. The number of imidazole rings is 1. The Labute approximate surface area is 118 Å². The molecule has 19 heavy (non-hydrogen) atoms. The Balaban J connectivity index is 2.50. The maximum atomic E-state index is 13.7. The summed E-state index contributed by atoms with van der Waals surface area (Å²) in [4.78, 5) is 4.35. The normalized spacial score (nSPS) is 10.3. The second-order valence-corrected chi connectivity index (χ2v) is 4.67. The molecule has 1 aromatic heterocycles. The van der Waals surface area contributed by atoms with E-state index in [0.29, 0.717) is 17.1 Å². The molecule has 1 aromatic carbocycles. The van der Waals surface area contributed by atoms with Gasteiger partial charge in [-0.1, -0.05) is 0 Å². The van der Waals surface area contributed by atoms with E-state index in [1.165, 1.54) is 13.2 Å². The van der Waals surface area contributed by atoms with Crippen molar-refractivity contribution in [3.8, 4) is 23.2 Å². The van der Waals surface area contributed by atoms with Crippen LogP contribution < -0.4 is 4.74 Å². The molecule has 0 radical (unpaired) electrons. The first-order valence-electron chi connectivity index (χ1n) is 5.50. The minimum atomic E-state index is -0.444. The summed E-state index contributed by atoms with van der Waals surface area (Å²) in [6.45, 7) is 0. The smallest absolute Gasteiger partial charge is 0.165 e. The number of benzene rings is 1. The Morgan fingerprint density at radius 3 is 2.84 bits per heavy atom. The van der Waals surface area contributed by atoms with Crippen molar-refractivity contribution in [1.82, 2.24) is 9.55 Å². The third-order valence-corrected chi connectivity index (χ3v) is 3.74. The summed E-state index contributed by atoms with van der Waals surface area (Å²) < 4.78 is 21.1. The van der Waals surface area contributed by atoms with Gasteiger partial charge in [-0.25, -0.2) is 9.37 Å². The highest BCUT2D eigenvalue weighted by molar-refractivity contribution is 9.10. The quantitative estimate of drug-likeness (QED) is 0.872. The van der Waals surface area contributed by atoms with Gasteiger partial charge in [0.25, 0.3) is 0 Å². The fourth-order valence-electron chi connectivity index (χ4n) is 1.79. The van der Waals surface area contributed by atoms with Gasteiger partial charge in [0.15, 0.2) is 11.6 Å². The second kappa shape index (κ2) is 5.41. The van der Waals surface area contributed by atoms with E-state index in [4.69, 9.17) is 10.00 Å². The van der Waals surface area contributed by atoms with Crippen LogP contribution in [-0.4, -0.2) is 16.7 Å². The molecule has 0 bridgehead atoms. The third-order valence-electron chi connectivity index (χ3n) is 2.75. The largest absolute Gasteiger partial charge is 0.494 e.